The van der Waals surface area contributed by atoms with Crippen LogP contribution in [-0.4, -0.2) is 57.5 Å². The maximum atomic E-state index is 14.0. The second kappa shape index (κ2) is 12.9. The maximum absolute atomic E-state index is 14.0. The lowest BCUT2D eigenvalue weighted by Gasteiger charge is -2.33. The van der Waals surface area contributed by atoms with Gasteiger partial charge in [-0.25, -0.2) is 8.42 Å². The highest BCUT2D eigenvalue weighted by atomic mass is 32.2. The first-order chi connectivity index (χ1) is 18.9. The molecule has 40 heavy (non-hydrogen) atoms. The molecule has 2 amide bonds. The van der Waals surface area contributed by atoms with Crippen LogP contribution < -0.4 is 19.1 Å². The molecule has 0 fully saturated rings. The summed E-state index contributed by atoms with van der Waals surface area (Å²) in [6.07, 6.45) is 0. The van der Waals surface area contributed by atoms with Gasteiger partial charge in [0.05, 0.1) is 24.8 Å². The molecule has 0 aliphatic carbocycles. The average Bonchev–Trinajstić information content (AvgIpc) is 2.94. The molecule has 0 saturated carbocycles. The monoisotopic (exact) mass is 567 g/mol. The van der Waals surface area contributed by atoms with Crippen LogP contribution in [0, 0.1) is 0 Å². The van der Waals surface area contributed by atoms with Crippen LogP contribution in [0.5, 0.6) is 11.5 Å². The summed E-state index contributed by atoms with van der Waals surface area (Å²) < 4.78 is 39.1. The molecule has 1 N–H and O–H groups in total. The number of hydrogen-bond acceptors (Lipinski definition) is 6. The number of methoxy groups -OCH3 is 2. The van der Waals surface area contributed by atoms with E-state index in [1.165, 1.54) is 24.1 Å². The molecule has 0 aromatic heterocycles. The molecule has 10 heteroatoms. The fourth-order valence-electron chi connectivity index (χ4n) is 3.98. The minimum Gasteiger partial charge on any atom is -0.497 e. The summed E-state index contributed by atoms with van der Waals surface area (Å²) in [5, 5.41) is 2.91. The summed E-state index contributed by atoms with van der Waals surface area (Å²) in [6.45, 7) is 6.75. The first-order valence-corrected chi connectivity index (χ1v) is 14.3. The van der Waals surface area contributed by atoms with Gasteiger partial charge in [0.2, 0.25) is 11.8 Å². The van der Waals surface area contributed by atoms with Crippen LogP contribution in [-0.2, 0) is 26.2 Å². The highest BCUT2D eigenvalue weighted by molar-refractivity contribution is 7.92. The van der Waals surface area contributed by atoms with Gasteiger partial charge >= 0.3 is 0 Å². The van der Waals surface area contributed by atoms with Gasteiger partial charge in [-0.05, 0) is 81.8 Å². The Kier molecular flexibility index (Phi) is 9.81. The zero-order valence-electron chi connectivity index (χ0n) is 23.7. The van der Waals surface area contributed by atoms with Crippen molar-refractivity contribution in [2.45, 2.75) is 50.7 Å². The molecule has 0 aliphatic heterocycles. The SMILES string of the molecule is COc1ccc(CN(C(=O)CN(c2ccc(OC)cc2)S(=O)(=O)c2ccccc2)[C@@H](C)C(=O)NC(C)(C)C)cc1. The first kappa shape index (κ1) is 30.5. The van der Waals surface area contributed by atoms with Crippen LogP contribution in [0.1, 0.15) is 33.3 Å². The van der Waals surface area contributed by atoms with Crippen molar-refractivity contribution in [1.82, 2.24) is 10.2 Å². The lowest BCUT2D eigenvalue weighted by molar-refractivity contribution is -0.140. The van der Waals surface area contributed by atoms with Crippen LogP contribution in [0.2, 0.25) is 0 Å². The topological polar surface area (TPSA) is 105 Å². The van der Waals surface area contributed by atoms with E-state index in [-0.39, 0.29) is 23.0 Å². The predicted molar refractivity (Wildman–Crippen MR) is 155 cm³/mol. The molecule has 0 radical (unpaired) electrons. The molecular weight excluding hydrogens is 530 g/mol. The number of sulfonamides is 1. The van der Waals surface area contributed by atoms with E-state index in [4.69, 9.17) is 9.47 Å². The molecule has 0 unspecified atom stereocenters. The largest absolute Gasteiger partial charge is 0.497 e. The number of carbonyl (C=O) groups excluding carboxylic acids is 2. The van der Waals surface area contributed by atoms with Gasteiger partial charge in [-0.1, -0.05) is 30.3 Å². The first-order valence-electron chi connectivity index (χ1n) is 12.8. The van der Waals surface area contributed by atoms with Crippen molar-refractivity contribution >= 4 is 27.5 Å². The normalized spacial score (nSPS) is 12.2. The standard InChI is InChI=1S/C30H37N3O6S/c1-22(29(35)31-30(2,3)4)32(20-23-12-16-25(38-5)17-13-23)28(34)21-33(24-14-18-26(39-6)19-15-24)40(36,37)27-10-8-7-9-11-27/h7-19,22H,20-21H2,1-6H3,(H,31,35)/t22-/m0/s1. The van der Waals surface area contributed by atoms with E-state index in [1.54, 1.807) is 80.8 Å². The van der Waals surface area contributed by atoms with Crippen molar-refractivity contribution in [1.29, 1.82) is 0 Å². The van der Waals surface area contributed by atoms with Crippen LogP contribution in [0.3, 0.4) is 0 Å². The summed E-state index contributed by atoms with van der Waals surface area (Å²) in [5.41, 5.74) is 0.520. The zero-order chi connectivity index (χ0) is 29.5. The Morgan fingerprint density at radius 3 is 1.88 bits per heavy atom. The molecule has 3 aromatic rings. The number of hydrogen-bond donors (Lipinski definition) is 1. The molecule has 214 valence electrons. The van der Waals surface area contributed by atoms with Gasteiger partial charge in [-0.3, -0.25) is 13.9 Å². The van der Waals surface area contributed by atoms with Crippen LogP contribution in [0.4, 0.5) is 5.69 Å². The van der Waals surface area contributed by atoms with Gasteiger partial charge in [0.1, 0.15) is 24.1 Å². The van der Waals surface area contributed by atoms with E-state index in [1.807, 2.05) is 20.8 Å². The van der Waals surface area contributed by atoms with Crippen LogP contribution in [0.15, 0.2) is 83.8 Å². The van der Waals surface area contributed by atoms with E-state index in [2.05, 4.69) is 5.32 Å². The van der Waals surface area contributed by atoms with E-state index < -0.39 is 34.1 Å². The summed E-state index contributed by atoms with van der Waals surface area (Å²) in [4.78, 5) is 28.6. The average molecular weight is 568 g/mol. The quantitative estimate of drug-likeness (QED) is 0.372. The van der Waals surface area contributed by atoms with Gasteiger partial charge in [-0.15, -0.1) is 0 Å². The highest BCUT2D eigenvalue weighted by Crippen LogP contribution is 2.26. The number of anilines is 1. The second-order valence-electron chi connectivity index (χ2n) is 10.3. The van der Waals surface area contributed by atoms with Gasteiger partial charge in [0.15, 0.2) is 0 Å². The van der Waals surface area contributed by atoms with Crippen molar-refractivity contribution in [3.63, 3.8) is 0 Å². The van der Waals surface area contributed by atoms with Crippen molar-refractivity contribution in [3.05, 3.63) is 84.4 Å². The molecule has 0 heterocycles. The Morgan fingerprint density at radius 2 is 1.38 bits per heavy atom. The van der Waals surface area contributed by atoms with Crippen molar-refractivity contribution < 1.29 is 27.5 Å². The predicted octanol–water partition coefficient (Wildman–Crippen LogP) is 4.23. The third-order valence-corrected chi connectivity index (χ3v) is 7.94. The zero-order valence-corrected chi connectivity index (χ0v) is 24.6. The molecule has 0 spiro atoms. The lowest BCUT2D eigenvalue weighted by Crippen LogP contribution is -2.54. The second-order valence-corrected chi connectivity index (χ2v) is 12.2. The van der Waals surface area contributed by atoms with Crippen LogP contribution in [0.25, 0.3) is 0 Å². The minimum atomic E-state index is -4.13. The van der Waals surface area contributed by atoms with Crippen LogP contribution >= 0.6 is 0 Å². The molecule has 0 aliphatic rings. The number of rotatable bonds is 11. The summed E-state index contributed by atoms with van der Waals surface area (Å²) in [7, 11) is -1.06. The van der Waals surface area contributed by atoms with E-state index >= 15 is 0 Å². The van der Waals surface area contributed by atoms with E-state index in [0.717, 1.165) is 9.87 Å². The fraction of sp³-hybridized carbons (Fsp3) is 0.333. The van der Waals surface area contributed by atoms with Gasteiger partial charge < -0.3 is 19.7 Å². The Hall–Kier alpha value is -4.05. The van der Waals surface area contributed by atoms with E-state index in [9.17, 15) is 18.0 Å². The Morgan fingerprint density at radius 1 is 0.850 bits per heavy atom. The fourth-order valence-corrected chi connectivity index (χ4v) is 5.42. The van der Waals surface area contributed by atoms with Crippen molar-refractivity contribution in [2.75, 3.05) is 25.1 Å². The molecule has 9 nitrogen and oxygen atoms in total. The summed E-state index contributed by atoms with van der Waals surface area (Å²) >= 11 is 0. The molecule has 3 rings (SSSR count). The smallest absolute Gasteiger partial charge is 0.264 e. The number of benzene rings is 3. The van der Waals surface area contributed by atoms with E-state index in [0.29, 0.717) is 11.5 Å². The van der Waals surface area contributed by atoms with Gasteiger partial charge in [0.25, 0.3) is 10.0 Å². The summed E-state index contributed by atoms with van der Waals surface area (Å²) in [6, 6.07) is 20.6. The highest BCUT2D eigenvalue weighted by Gasteiger charge is 2.33. The Bertz CT molecular complexity index is 1390. The van der Waals surface area contributed by atoms with Gasteiger partial charge in [-0.2, -0.15) is 0 Å². The summed E-state index contributed by atoms with van der Waals surface area (Å²) in [5.74, 6) is 0.305. The number of ether oxygens (including phenoxy) is 2. The molecular formula is C30H37N3O6S. The molecule has 0 saturated heterocycles. The van der Waals surface area contributed by atoms with Crippen molar-refractivity contribution in [3.8, 4) is 11.5 Å². The maximum Gasteiger partial charge on any atom is 0.264 e. The molecule has 1 atom stereocenters. The molecule has 0 bridgehead atoms. The van der Waals surface area contributed by atoms with Gasteiger partial charge in [0, 0.05) is 12.1 Å². The number of nitrogens with one attached hydrogen (secondary N) is 1. The lowest BCUT2D eigenvalue weighted by atomic mass is 10.1. The third-order valence-electron chi connectivity index (χ3n) is 6.15. The Balaban J connectivity index is 2.02. The minimum absolute atomic E-state index is 0.0406. The number of carbonyl (C=O) groups is 2. The molecule has 3 aromatic carbocycles. The number of amides is 2. The third kappa shape index (κ3) is 7.75. The Labute approximate surface area is 236 Å². The van der Waals surface area contributed by atoms with Crippen molar-refractivity contribution in [2.24, 2.45) is 0 Å². The number of nitrogens with zero attached hydrogens (tertiary/aromatic N) is 2.